The molecule has 3 nitrogen and oxygen atoms in total. The normalized spacial score (nSPS) is 11.4. The van der Waals surface area contributed by atoms with E-state index in [2.05, 4.69) is 47.9 Å². The molecule has 3 heteroatoms. The molecule has 2 N–H and O–H groups in total. The van der Waals surface area contributed by atoms with Gasteiger partial charge < -0.3 is 5.73 Å². The lowest BCUT2D eigenvalue weighted by atomic mass is 10.0. The van der Waals surface area contributed by atoms with Crippen molar-refractivity contribution in [3.05, 3.63) is 144 Å². The van der Waals surface area contributed by atoms with Crippen molar-refractivity contribution in [1.82, 2.24) is 4.90 Å². The number of allylic oxidation sites excluding steroid dienone is 5. The summed E-state index contributed by atoms with van der Waals surface area (Å²) in [6, 6.07) is 30.5. The van der Waals surface area contributed by atoms with Gasteiger partial charge in [-0.1, -0.05) is 149 Å². The summed E-state index contributed by atoms with van der Waals surface area (Å²) in [5.74, 6) is 0.190. The van der Waals surface area contributed by atoms with Gasteiger partial charge in [-0.15, -0.1) is 0 Å². The number of carbonyl (C=O) groups excluding carboxylic acids is 1. The molecule has 0 radical (unpaired) electrons. The van der Waals surface area contributed by atoms with E-state index in [0.717, 1.165) is 19.5 Å². The quantitative estimate of drug-likeness (QED) is 0.240. The van der Waals surface area contributed by atoms with E-state index in [1.165, 1.54) is 22.3 Å². The second kappa shape index (κ2) is 22.5. The van der Waals surface area contributed by atoms with Gasteiger partial charge in [-0.3, -0.25) is 9.69 Å². The highest BCUT2D eigenvalue weighted by molar-refractivity contribution is 5.81. The van der Waals surface area contributed by atoms with Gasteiger partial charge in [0.15, 0.2) is 0 Å². The van der Waals surface area contributed by atoms with Crippen LogP contribution in [0.1, 0.15) is 58.2 Å². The molecule has 0 heterocycles. The maximum absolute atomic E-state index is 12.7. The van der Waals surface area contributed by atoms with Crippen LogP contribution in [0.4, 0.5) is 0 Å². The van der Waals surface area contributed by atoms with Crippen molar-refractivity contribution >= 4 is 5.78 Å². The molecule has 3 aromatic carbocycles. The fourth-order valence-corrected chi connectivity index (χ4v) is 3.76. The van der Waals surface area contributed by atoms with Crippen LogP contribution < -0.4 is 5.73 Å². The summed E-state index contributed by atoms with van der Waals surface area (Å²) < 4.78 is 0. The van der Waals surface area contributed by atoms with E-state index < -0.39 is 0 Å². The minimum atomic E-state index is -0.148. The van der Waals surface area contributed by atoms with Gasteiger partial charge in [-0.05, 0) is 37.0 Å². The first-order chi connectivity index (χ1) is 18.5. The number of carbonyl (C=O) groups is 1. The van der Waals surface area contributed by atoms with Crippen molar-refractivity contribution in [2.45, 2.75) is 67.1 Å². The molecular weight excluding hydrogens is 476 g/mol. The molecule has 0 saturated heterocycles. The number of hydrogen-bond acceptors (Lipinski definition) is 3. The first-order valence-corrected chi connectivity index (χ1v) is 13.5. The van der Waals surface area contributed by atoms with Gasteiger partial charge >= 0.3 is 0 Å². The van der Waals surface area contributed by atoms with Crippen LogP contribution in [0.3, 0.4) is 0 Å². The van der Waals surface area contributed by atoms with Gasteiger partial charge in [0.05, 0.1) is 6.54 Å². The topological polar surface area (TPSA) is 46.3 Å². The van der Waals surface area contributed by atoms with Gasteiger partial charge in [0, 0.05) is 25.6 Å². The Morgan fingerprint density at radius 1 is 0.846 bits per heavy atom. The fraction of sp³-hybridized carbons (Fsp3) is 0.306. The predicted octanol–water partition coefficient (Wildman–Crippen LogP) is 8.58. The van der Waals surface area contributed by atoms with E-state index in [1.54, 1.807) is 0 Å². The highest BCUT2D eigenvalue weighted by Gasteiger charge is 2.15. The molecule has 3 rings (SSSR count). The second-order valence-corrected chi connectivity index (χ2v) is 8.95. The minimum Gasteiger partial charge on any atom is -0.327 e. The Morgan fingerprint density at radius 3 is 1.69 bits per heavy atom. The number of hydrogen-bond donors (Lipinski definition) is 1. The Bertz CT molecular complexity index is 1030. The third-order valence-corrected chi connectivity index (χ3v) is 5.60. The smallest absolute Gasteiger partial charge is 0.148 e. The summed E-state index contributed by atoms with van der Waals surface area (Å²) >= 11 is 0. The van der Waals surface area contributed by atoms with Crippen LogP contribution in [0.2, 0.25) is 0 Å². The van der Waals surface area contributed by atoms with Gasteiger partial charge in [0.2, 0.25) is 0 Å². The number of benzene rings is 3. The Kier molecular flexibility index (Phi) is 20.4. The van der Waals surface area contributed by atoms with Crippen LogP contribution in [-0.4, -0.2) is 23.3 Å². The third kappa shape index (κ3) is 16.8. The number of ketones is 1. The number of nitrogens with two attached hydrogens (primary N) is 1. The van der Waals surface area contributed by atoms with Crippen molar-refractivity contribution in [3.8, 4) is 0 Å². The number of Topliss-reactive ketones (excluding diaryl/α,β-unsaturated/α-hetero) is 1. The lowest BCUT2D eigenvalue weighted by Gasteiger charge is -2.23. The highest BCUT2D eigenvalue weighted by Crippen LogP contribution is 2.11. The van der Waals surface area contributed by atoms with Crippen molar-refractivity contribution in [3.63, 3.8) is 0 Å². The molecule has 0 aromatic heterocycles. The van der Waals surface area contributed by atoms with Crippen LogP contribution >= 0.6 is 0 Å². The molecule has 0 bridgehead atoms. The molecule has 0 saturated carbocycles. The van der Waals surface area contributed by atoms with E-state index in [9.17, 15) is 4.79 Å². The zero-order chi connectivity index (χ0) is 28.0. The average molecular weight is 527 g/mol. The maximum Gasteiger partial charge on any atom is 0.148 e. The van der Waals surface area contributed by atoms with Crippen molar-refractivity contribution in [2.24, 2.45) is 5.73 Å². The molecule has 0 fully saturated rings. The monoisotopic (exact) mass is 526 g/mol. The molecule has 0 aliphatic rings. The summed E-state index contributed by atoms with van der Waals surface area (Å²) in [4.78, 5) is 14.9. The fourth-order valence-electron chi connectivity index (χ4n) is 3.76. The van der Waals surface area contributed by atoms with Crippen LogP contribution in [-0.2, 0) is 24.3 Å². The summed E-state index contributed by atoms with van der Waals surface area (Å²) in [6.07, 6.45) is 8.97. The third-order valence-electron chi connectivity index (χ3n) is 5.60. The first kappa shape index (κ1) is 35.5. The molecule has 0 amide bonds. The molecule has 3 aromatic rings. The predicted molar refractivity (Wildman–Crippen MR) is 172 cm³/mol. The van der Waals surface area contributed by atoms with Gasteiger partial charge in [0.25, 0.3) is 0 Å². The zero-order valence-electron chi connectivity index (χ0n) is 23.7. The zero-order valence-corrected chi connectivity index (χ0v) is 23.7. The molecular formula is C36H50N2O. The lowest BCUT2D eigenvalue weighted by molar-refractivity contribution is -0.120. The summed E-state index contributed by atoms with van der Waals surface area (Å²) in [5, 5.41) is 0. The lowest BCUT2D eigenvalue weighted by Crippen LogP contribution is -2.33. The van der Waals surface area contributed by atoms with Crippen LogP contribution in [0.15, 0.2) is 127 Å². The van der Waals surface area contributed by atoms with Crippen LogP contribution in [0.5, 0.6) is 0 Å². The Hall–Kier alpha value is -3.53. The molecule has 0 aliphatic heterocycles. The van der Waals surface area contributed by atoms with E-state index in [1.807, 2.05) is 107 Å². The van der Waals surface area contributed by atoms with Crippen LogP contribution in [0, 0.1) is 0 Å². The van der Waals surface area contributed by atoms with Crippen molar-refractivity contribution in [2.75, 3.05) is 6.54 Å². The Labute approximate surface area is 238 Å². The van der Waals surface area contributed by atoms with Gasteiger partial charge in [-0.25, -0.2) is 0 Å². The Balaban J connectivity index is 0.00000113. The first-order valence-electron chi connectivity index (χ1n) is 13.5. The van der Waals surface area contributed by atoms with Crippen molar-refractivity contribution < 1.29 is 4.79 Å². The van der Waals surface area contributed by atoms with E-state index in [4.69, 9.17) is 5.73 Å². The summed E-state index contributed by atoms with van der Waals surface area (Å²) in [6.45, 7) is 13.5. The van der Waals surface area contributed by atoms with Crippen molar-refractivity contribution in [1.29, 1.82) is 0 Å². The number of nitrogens with zero attached hydrogens (tertiary/aromatic N) is 1. The summed E-state index contributed by atoms with van der Waals surface area (Å²) in [7, 11) is 0. The largest absolute Gasteiger partial charge is 0.327 e. The molecule has 39 heavy (non-hydrogen) atoms. The van der Waals surface area contributed by atoms with E-state index in [-0.39, 0.29) is 19.3 Å². The summed E-state index contributed by atoms with van der Waals surface area (Å²) in [5.41, 5.74) is 11.0. The Morgan fingerprint density at radius 2 is 1.28 bits per heavy atom. The van der Waals surface area contributed by atoms with E-state index >= 15 is 0 Å². The van der Waals surface area contributed by atoms with Gasteiger partial charge in [-0.2, -0.15) is 0 Å². The maximum atomic E-state index is 12.7. The van der Waals surface area contributed by atoms with Crippen LogP contribution in [0.25, 0.3) is 0 Å². The molecule has 0 spiro atoms. The molecule has 1 unspecified atom stereocenters. The van der Waals surface area contributed by atoms with E-state index in [0.29, 0.717) is 13.0 Å². The van der Waals surface area contributed by atoms with Gasteiger partial charge in [0.1, 0.15) is 5.78 Å². The standard InChI is InChI=1S/C25H28N2O.C8H12.C2H6.CH4/c26-24(16-21-10-4-1-5-11-21)17-25(28)20-27(18-22-12-6-2-7-13-22)19-23-14-8-3-9-15-23;1-4-6-7-8(3)5-2;1-2;/h1-15,24H,16-20,26H2;4-7H,2H2,1,3H3;1-2H3;1H4/b;6-4-,8-7-;;. The molecule has 210 valence electrons. The number of rotatable bonds is 12. The molecule has 0 aliphatic carbocycles. The average Bonchev–Trinajstić information content (AvgIpc) is 2.94. The second-order valence-electron chi connectivity index (χ2n) is 8.95. The minimum absolute atomic E-state index is 0. The molecule has 1 atom stereocenters. The SMILES string of the molecule is C.C=C/C(C)=C\C=C/C.CC.NC(CC(=O)CN(Cc1ccccc1)Cc1ccccc1)Cc1ccccc1. The highest BCUT2D eigenvalue weighted by atomic mass is 16.1.